The van der Waals surface area contributed by atoms with E-state index in [2.05, 4.69) is 33.1 Å². The zero-order valence-electron chi connectivity index (χ0n) is 11.0. The average molecular weight is 332 g/mol. The van der Waals surface area contributed by atoms with Gasteiger partial charge in [-0.25, -0.2) is 0 Å². The van der Waals surface area contributed by atoms with Crippen molar-refractivity contribution in [2.75, 3.05) is 0 Å². The molecule has 18 heavy (non-hydrogen) atoms. The summed E-state index contributed by atoms with van der Waals surface area (Å²) in [6.07, 6.45) is 0. The Kier molecular flexibility index (Phi) is 3.82. The van der Waals surface area contributed by atoms with Crippen LogP contribution in [0.1, 0.15) is 29.7 Å². The molecular weight excluding hydrogens is 316 g/mol. The monoisotopic (exact) mass is 330 g/mol. The molecule has 0 aliphatic heterocycles. The molecule has 2 aromatic rings. The van der Waals surface area contributed by atoms with E-state index >= 15 is 0 Å². The van der Waals surface area contributed by atoms with Crippen molar-refractivity contribution in [3.05, 3.63) is 32.3 Å². The summed E-state index contributed by atoms with van der Waals surface area (Å²) >= 11 is 9.84. The third kappa shape index (κ3) is 2.21. The van der Waals surface area contributed by atoms with Crippen molar-refractivity contribution in [2.24, 2.45) is 0 Å². The minimum absolute atomic E-state index is 0.645. The average Bonchev–Trinajstić information content (AvgIpc) is 2.75. The molecule has 0 radical (unpaired) electrons. The highest BCUT2D eigenvalue weighted by molar-refractivity contribution is 9.10. The number of hydrogen-bond acceptors (Lipinski definition) is 2. The summed E-state index contributed by atoms with van der Waals surface area (Å²) in [6.45, 7) is 9.46. The van der Waals surface area contributed by atoms with E-state index in [9.17, 15) is 0 Å². The van der Waals surface area contributed by atoms with Crippen LogP contribution in [0.3, 0.4) is 0 Å². The molecular formula is C12H16BrClN4. The second-order valence-electron chi connectivity index (χ2n) is 4.30. The van der Waals surface area contributed by atoms with Gasteiger partial charge < -0.3 is 0 Å². The van der Waals surface area contributed by atoms with Gasteiger partial charge in [-0.15, -0.1) is 0 Å². The summed E-state index contributed by atoms with van der Waals surface area (Å²) in [6, 6.07) is 0. The molecule has 0 bridgehead atoms. The largest absolute Gasteiger partial charge is 0.266 e. The van der Waals surface area contributed by atoms with Gasteiger partial charge in [0.1, 0.15) is 0 Å². The Morgan fingerprint density at radius 1 is 1.11 bits per heavy atom. The quantitative estimate of drug-likeness (QED) is 0.863. The molecule has 0 spiro atoms. The predicted molar refractivity (Wildman–Crippen MR) is 76.2 cm³/mol. The van der Waals surface area contributed by atoms with Crippen molar-refractivity contribution in [2.45, 2.75) is 40.8 Å². The molecule has 6 heteroatoms. The van der Waals surface area contributed by atoms with Crippen LogP contribution in [0.4, 0.5) is 0 Å². The third-order valence-corrected chi connectivity index (χ3v) is 4.68. The molecule has 0 fully saturated rings. The van der Waals surface area contributed by atoms with E-state index in [0.717, 1.165) is 38.8 Å². The van der Waals surface area contributed by atoms with Crippen molar-refractivity contribution < 1.29 is 0 Å². The van der Waals surface area contributed by atoms with Gasteiger partial charge in [-0.05, 0) is 43.6 Å². The highest BCUT2D eigenvalue weighted by Gasteiger charge is 2.16. The molecule has 0 amide bonds. The molecule has 98 valence electrons. The first kappa shape index (κ1) is 13.6. The number of nitrogens with zero attached hydrogens (tertiary/aromatic N) is 4. The normalized spacial score (nSPS) is 11.2. The number of aryl methyl sites for hydroxylation is 3. The molecule has 0 aliphatic carbocycles. The molecule has 2 rings (SSSR count). The van der Waals surface area contributed by atoms with Crippen molar-refractivity contribution >= 4 is 27.5 Å². The van der Waals surface area contributed by atoms with Crippen LogP contribution in [0.25, 0.3) is 0 Å². The van der Waals surface area contributed by atoms with Crippen LogP contribution in [0.15, 0.2) is 4.47 Å². The van der Waals surface area contributed by atoms with Crippen molar-refractivity contribution in [3.63, 3.8) is 0 Å². The fraction of sp³-hybridized carbons (Fsp3) is 0.500. The lowest BCUT2D eigenvalue weighted by Gasteiger charge is -2.07. The lowest BCUT2D eigenvalue weighted by molar-refractivity contribution is 0.567. The van der Waals surface area contributed by atoms with Crippen LogP contribution >= 0.6 is 27.5 Å². The van der Waals surface area contributed by atoms with E-state index in [0.29, 0.717) is 6.54 Å². The lowest BCUT2D eigenvalue weighted by atomic mass is 10.3. The molecule has 0 saturated carbocycles. The highest BCUT2D eigenvalue weighted by Crippen LogP contribution is 2.24. The minimum Gasteiger partial charge on any atom is -0.266 e. The van der Waals surface area contributed by atoms with Gasteiger partial charge in [0, 0.05) is 6.54 Å². The van der Waals surface area contributed by atoms with E-state index < -0.39 is 0 Å². The van der Waals surface area contributed by atoms with Crippen molar-refractivity contribution in [3.8, 4) is 0 Å². The van der Waals surface area contributed by atoms with Gasteiger partial charge in [-0.1, -0.05) is 11.6 Å². The maximum Gasteiger partial charge on any atom is 0.0866 e. The summed E-state index contributed by atoms with van der Waals surface area (Å²) in [7, 11) is 0. The van der Waals surface area contributed by atoms with Crippen LogP contribution in [0, 0.1) is 20.8 Å². The van der Waals surface area contributed by atoms with Crippen LogP contribution in [0.5, 0.6) is 0 Å². The first-order valence-corrected chi connectivity index (χ1v) is 7.04. The second kappa shape index (κ2) is 5.05. The highest BCUT2D eigenvalue weighted by atomic mass is 79.9. The van der Waals surface area contributed by atoms with E-state index in [-0.39, 0.29) is 0 Å². The Morgan fingerprint density at radius 3 is 2.22 bits per heavy atom. The van der Waals surface area contributed by atoms with Crippen LogP contribution in [-0.2, 0) is 13.1 Å². The van der Waals surface area contributed by atoms with Crippen molar-refractivity contribution in [1.82, 2.24) is 19.6 Å². The van der Waals surface area contributed by atoms with E-state index in [1.54, 1.807) is 0 Å². The zero-order valence-corrected chi connectivity index (χ0v) is 13.3. The third-order valence-electron chi connectivity index (χ3n) is 3.05. The number of halogens is 2. The topological polar surface area (TPSA) is 35.6 Å². The van der Waals surface area contributed by atoms with Gasteiger partial charge >= 0.3 is 0 Å². The van der Waals surface area contributed by atoms with E-state index in [1.165, 1.54) is 0 Å². The SMILES string of the molecule is CCn1nc(C)c(Cl)c1Cn1nc(C)c(Br)c1C. The summed E-state index contributed by atoms with van der Waals surface area (Å²) < 4.78 is 4.94. The summed E-state index contributed by atoms with van der Waals surface area (Å²) in [5.74, 6) is 0. The van der Waals surface area contributed by atoms with Crippen LogP contribution < -0.4 is 0 Å². The Bertz CT molecular complexity index is 585. The smallest absolute Gasteiger partial charge is 0.0866 e. The Morgan fingerprint density at radius 2 is 1.72 bits per heavy atom. The first-order valence-electron chi connectivity index (χ1n) is 5.87. The van der Waals surface area contributed by atoms with E-state index in [4.69, 9.17) is 11.6 Å². The Labute approximate surface area is 120 Å². The maximum atomic E-state index is 6.31. The van der Waals surface area contributed by atoms with Crippen molar-refractivity contribution in [1.29, 1.82) is 0 Å². The van der Waals surface area contributed by atoms with E-state index in [1.807, 2.05) is 30.1 Å². The molecule has 4 nitrogen and oxygen atoms in total. The second-order valence-corrected chi connectivity index (χ2v) is 5.48. The zero-order chi connectivity index (χ0) is 13.4. The Balaban J connectivity index is 2.42. The molecule has 0 aliphatic rings. The summed E-state index contributed by atoms with van der Waals surface area (Å²) in [5, 5.41) is 9.65. The van der Waals surface area contributed by atoms with Gasteiger partial charge in [0.2, 0.25) is 0 Å². The summed E-state index contributed by atoms with van der Waals surface area (Å²) in [5.41, 5.74) is 3.97. The molecule has 0 aromatic carbocycles. The number of hydrogen-bond donors (Lipinski definition) is 0. The number of aromatic nitrogens is 4. The first-order chi connectivity index (χ1) is 8.45. The van der Waals surface area contributed by atoms with Gasteiger partial charge in [0.15, 0.2) is 0 Å². The van der Waals surface area contributed by atoms with Gasteiger partial charge in [-0.3, -0.25) is 9.36 Å². The molecule has 2 aromatic heterocycles. The summed E-state index contributed by atoms with van der Waals surface area (Å²) in [4.78, 5) is 0. The van der Waals surface area contributed by atoms with Gasteiger partial charge in [0.05, 0.1) is 38.8 Å². The fourth-order valence-electron chi connectivity index (χ4n) is 1.99. The number of rotatable bonds is 3. The molecule has 0 unspecified atom stereocenters. The van der Waals surface area contributed by atoms with Crippen LogP contribution in [0.2, 0.25) is 5.02 Å². The maximum absolute atomic E-state index is 6.31. The van der Waals surface area contributed by atoms with Crippen LogP contribution in [-0.4, -0.2) is 19.6 Å². The standard InChI is InChI=1S/C12H16BrClN4/c1-5-17-10(12(14)8(3)16-17)6-18-9(4)11(13)7(2)15-18/h5-6H2,1-4H3. The molecule has 0 N–H and O–H groups in total. The molecule has 0 atom stereocenters. The molecule has 0 saturated heterocycles. The molecule has 2 heterocycles. The minimum atomic E-state index is 0.645. The Hall–Kier alpha value is -0.810. The van der Waals surface area contributed by atoms with Gasteiger partial charge in [0.25, 0.3) is 0 Å². The predicted octanol–water partition coefficient (Wildman–Crippen LogP) is 3.49. The van der Waals surface area contributed by atoms with Gasteiger partial charge in [-0.2, -0.15) is 10.2 Å². The lowest BCUT2D eigenvalue weighted by Crippen LogP contribution is -2.10. The fourth-order valence-corrected chi connectivity index (χ4v) is 2.47.